The van der Waals surface area contributed by atoms with Crippen molar-refractivity contribution < 1.29 is 23.2 Å². The summed E-state index contributed by atoms with van der Waals surface area (Å²) < 4.78 is 23.9. The van der Waals surface area contributed by atoms with Crippen LogP contribution >= 0.6 is 15.9 Å². The van der Waals surface area contributed by atoms with Crippen LogP contribution < -0.4 is 0 Å². The van der Waals surface area contributed by atoms with Gasteiger partial charge in [0.15, 0.2) is 6.16 Å². The number of phosphoric acid groups is 1. The molecule has 0 aromatic heterocycles. The summed E-state index contributed by atoms with van der Waals surface area (Å²) in [7, 11) is -6.70. The maximum Gasteiger partial charge on any atom is 0.518 e. The van der Waals surface area contributed by atoms with E-state index in [4.69, 9.17) is 9.79 Å². The lowest BCUT2D eigenvalue weighted by Gasteiger charge is -1.89. The van der Waals surface area contributed by atoms with E-state index in [1.807, 2.05) is 0 Å². The second-order valence-electron chi connectivity index (χ2n) is 1.22. The lowest BCUT2D eigenvalue weighted by molar-refractivity contribution is 0.288. The highest BCUT2D eigenvalue weighted by molar-refractivity contribution is 7.57. The second kappa shape index (κ2) is 3.40. The summed E-state index contributed by atoms with van der Waals surface area (Å²) in [5.41, 5.74) is 0. The quantitative estimate of drug-likeness (QED) is 0.618. The minimum atomic E-state index is -4.52. The van der Waals surface area contributed by atoms with Crippen molar-refractivity contribution in [3.05, 3.63) is 0 Å². The van der Waals surface area contributed by atoms with Crippen LogP contribution in [0.25, 0.3) is 0 Å². The molecule has 0 aliphatic carbocycles. The zero-order chi connectivity index (χ0) is 7.49. The lowest BCUT2D eigenvalue weighted by atomic mass is 11.0. The Hall–Kier alpha value is 0.210. The minimum absolute atomic E-state index is 0.112. The molecule has 0 fully saturated rings. The van der Waals surface area contributed by atoms with Crippen molar-refractivity contribution in [2.45, 2.75) is 6.92 Å². The van der Waals surface area contributed by atoms with Crippen molar-refractivity contribution >= 4 is 15.9 Å². The van der Waals surface area contributed by atoms with Crippen molar-refractivity contribution in [1.29, 1.82) is 0 Å². The van der Waals surface area contributed by atoms with E-state index in [-0.39, 0.29) is 6.16 Å². The number of rotatable bonds is 3. The Balaban J connectivity index is 3.75. The molecule has 0 rings (SSSR count). The zero-order valence-corrected chi connectivity index (χ0v) is 6.51. The molecule has 7 heteroatoms. The van der Waals surface area contributed by atoms with Gasteiger partial charge in [0.05, 0.1) is 0 Å². The van der Waals surface area contributed by atoms with Gasteiger partial charge in [0.1, 0.15) is 0 Å². The third-order valence-corrected chi connectivity index (χ3v) is 2.55. The first kappa shape index (κ1) is 9.21. The first-order chi connectivity index (χ1) is 3.95. The Kier molecular flexibility index (Phi) is 3.48. The van der Waals surface area contributed by atoms with Gasteiger partial charge in [-0.3, -0.25) is 0 Å². The van der Waals surface area contributed by atoms with Gasteiger partial charge in [-0.2, -0.15) is 0 Å². The summed E-state index contributed by atoms with van der Waals surface area (Å²) in [5.74, 6) is 0. The molecule has 0 bridgehead atoms. The van der Waals surface area contributed by atoms with E-state index < -0.39 is 15.9 Å². The molecule has 0 saturated carbocycles. The van der Waals surface area contributed by atoms with Crippen molar-refractivity contribution in [2.75, 3.05) is 6.16 Å². The smallest absolute Gasteiger partial charge is 0.300 e. The Labute approximate surface area is 53.1 Å². The van der Waals surface area contributed by atoms with Gasteiger partial charge in [0.2, 0.25) is 0 Å². The third kappa shape index (κ3) is 6.09. The van der Waals surface area contributed by atoms with Crippen LogP contribution in [0.15, 0.2) is 0 Å². The number of hydrogen-bond acceptors (Lipinski definition) is 3. The molecular weight excluding hydrogens is 166 g/mol. The largest absolute Gasteiger partial charge is 0.518 e. The molecule has 9 heavy (non-hydrogen) atoms. The normalized spacial score (nSPS) is 13.4. The van der Waals surface area contributed by atoms with Crippen LogP contribution in [0.3, 0.4) is 0 Å². The predicted molar refractivity (Wildman–Crippen MR) is 31.3 cm³/mol. The van der Waals surface area contributed by atoms with Gasteiger partial charge in [-0.15, -0.1) is 0 Å². The standard InChI is InChI=1S/C2H6O5P2/c1-2-8(3)7-9(4,5)6/h2H2,1H3,(H-,4,5,6)/p+1. The third-order valence-electron chi connectivity index (χ3n) is 0.456. The molecule has 0 heterocycles. The predicted octanol–water partition coefficient (Wildman–Crippen LogP) is 0.858. The molecule has 0 aromatic rings. The van der Waals surface area contributed by atoms with Crippen molar-refractivity contribution in [3.63, 3.8) is 0 Å². The molecule has 0 aromatic carbocycles. The fraction of sp³-hybridized carbons (Fsp3) is 1.00. The van der Waals surface area contributed by atoms with E-state index in [0.717, 1.165) is 0 Å². The SMILES string of the molecule is CC[P+](=O)OP(=O)(O)O. The van der Waals surface area contributed by atoms with E-state index in [1.54, 1.807) is 0 Å². The van der Waals surface area contributed by atoms with Crippen LogP contribution in [-0.2, 0) is 13.4 Å². The summed E-state index contributed by atoms with van der Waals surface area (Å²) in [6.45, 7) is 1.51. The first-order valence-corrected chi connectivity index (χ1v) is 5.05. The van der Waals surface area contributed by atoms with Gasteiger partial charge in [-0.25, -0.2) is 4.57 Å². The molecule has 1 atom stereocenters. The van der Waals surface area contributed by atoms with Crippen molar-refractivity contribution in [2.24, 2.45) is 0 Å². The summed E-state index contributed by atoms with van der Waals surface area (Å²) in [6.07, 6.45) is 0.112. The molecule has 0 amide bonds. The summed E-state index contributed by atoms with van der Waals surface area (Å²) in [5, 5.41) is 0. The molecule has 0 spiro atoms. The summed E-state index contributed by atoms with van der Waals surface area (Å²) >= 11 is 0. The summed E-state index contributed by atoms with van der Waals surface area (Å²) in [6, 6.07) is 0. The molecule has 0 saturated heterocycles. The van der Waals surface area contributed by atoms with Crippen LogP contribution in [0.1, 0.15) is 6.92 Å². The highest BCUT2D eigenvalue weighted by Gasteiger charge is 2.29. The van der Waals surface area contributed by atoms with Crippen LogP contribution in [0.5, 0.6) is 0 Å². The molecular formula is C2H7O5P2+. The average molecular weight is 173 g/mol. The summed E-state index contributed by atoms with van der Waals surface area (Å²) in [4.78, 5) is 16.0. The van der Waals surface area contributed by atoms with E-state index in [0.29, 0.717) is 0 Å². The van der Waals surface area contributed by atoms with Crippen LogP contribution in [0, 0.1) is 0 Å². The minimum Gasteiger partial charge on any atom is -0.300 e. The molecule has 2 N–H and O–H groups in total. The maximum atomic E-state index is 10.3. The van der Waals surface area contributed by atoms with Gasteiger partial charge in [0.25, 0.3) is 0 Å². The van der Waals surface area contributed by atoms with Gasteiger partial charge in [-0.1, -0.05) is 0 Å². The van der Waals surface area contributed by atoms with Crippen LogP contribution in [0.2, 0.25) is 0 Å². The average Bonchev–Trinajstić information content (AvgIpc) is 1.62. The maximum absolute atomic E-state index is 10.3. The molecule has 54 valence electrons. The van der Waals surface area contributed by atoms with Gasteiger partial charge in [0, 0.05) is 0 Å². The van der Waals surface area contributed by atoms with Gasteiger partial charge in [-0.05, 0) is 15.8 Å². The van der Waals surface area contributed by atoms with Crippen LogP contribution in [0.4, 0.5) is 0 Å². The monoisotopic (exact) mass is 173 g/mol. The molecule has 0 aliphatic rings. The topological polar surface area (TPSA) is 83.8 Å². The van der Waals surface area contributed by atoms with Gasteiger partial charge < -0.3 is 9.79 Å². The van der Waals surface area contributed by atoms with Crippen molar-refractivity contribution in [1.82, 2.24) is 0 Å². The Morgan fingerprint density at radius 3 is 2.22 bits per heavy atom. The molecule has 0 aliphatic heterocycles. The first-order valence-electron chi connectivity index (χ1n) is 2.15. The fourth-order valence-corrected chi connectivity index (χ4v) is 1.59. The zero-order valence-electron chi connectivity index (χ0n) is 4.72. The lowest BCUT2D eigenvalue weighted by Crippen LogP contribution is -1.78. The Bertz CT molecular complexity index is 147. The Morgan fingerprint density at radius 1 is 1.67 bits per heavy atom. The van der Waals surface area contributed by atoms with E-state index >= 15 is 0 Å². The number of hydrogen-bond donors (Lipinski definition) is 2. The highest BCUT2D eigenvalue weighted by atomic mass is 31.2. The van der Waals surface area contributed by atoms with E-state index in [2.05, 4.69) is 4.31 Å². The molecule has 5 nitrogen and oxygen atoms in total. The Morgan fingerprint density at radius 2 is 2.11 bits per heavy atom. The fourth-order valence-electron chi connectivity index (χ4n) is 0.176. The van der Waals surface area contributed by atoms with E-state index in [1.165, 1.54) is 6.92 Å². The van der Waals surface area contributed by atoms with Crippen LogP contribution in [-0.4, -0.2) is 15.9 Å². The molecule has 1 unspecified atom stereocenters. The van der Waals surface area contributed by atoms with Gasteiger partial charge >= 0.3 is 15.9 Å². The van der Waals surface area contributed by atoms with E-state index in [9.17, 15) is 9.13 Å². The second-order valence-corrected chi connectivity index (χ2v) is 4.15. The molecule has 0 radical (unpaired) electrons. The van der Waals surface area contributed by atoms with Crippen molar-refractivity contribution in [3.8, 4) is 0 Å². The highest BCUT2D eigenvalue weighted by Crippen LogP contribution is 2.46.